The molecule has 1 aromatic heterocycles. The molecule has 9 nitrogen and oxygen atoms in total. The number of halogens is 1. The van der Waals surface area contributed by atoms with Crippen molar-refractivity contribution in [2.45, 2.75) is 6.04 Å². The van der Waals surface area contributed by atoms with Gasteiger partial charge in [0.25, 0.3) is 17.4 Å². The van der Waals surface area contributed by atoms with Crippen LogP contribution < -0.4 is 16.3 Å². The third kappa shape index (κ3) is 5.02. The highest BCUT2D eigenvalue weighted by molar-refractivity contribution is 9.10. The number of hydrogen-bond acceptors (Lipinski definition) is 6. The van der Waals surface area contributed by atoms with Crippen molar-refractivity contribution < 1.29 is 14.7 Å². The monoisotopic (exact) mass is 519 g/mol. The van der Waals surface area contributed by atoms with Crippen molar-refractivity contribution in [3.63, 3.8) is 0 Å². The third-order valence-electron chi connectivity index (χ3n) is 4.94. The minimum atomic E-state index is -1.28. The second-order valence-electron chi connectivity index (χ2n) is 7.19. The van der Waals surface area contributed by atoms with Crippen LogP contribution in [0.4, 0.5) is 0 Å². The maximum Gasteiger partial charge on any atom is 0.272 e. The van der Waals surface area contributed by atoms with Crippen molar-refractivity contribution in [2.75, 3.05) is 0 Å². The molecule has 170 valence electrons. The van der Waals surface area contributed by atoms with Gasteiger partial charge >= 0.3 is 0 Å². The fraction of sp³-hybridized carbons (Fsp3) is 0.0417. The molecule has 1 atom stereocenters. The summed E-state index contributed by atoms with van der Waals surface area (Å²) in [6, 6.07) is 18.5. The Kier molecular flexibility index (Phi) is 6.79. The Hall–Kier alpha value is -4.31. The van der Waals surface area contributed by atoms with Gasteiger partial charge in [-0.15, -0.1) is 0 Å². The van der Waals surface area contributed by atoms with Gasteiger partial charge in [0, 0.05) is 21.0 Å². The molecule has 0 aliphatic rings. The Bertz CT molecular complexity index is 1450. The lowest BCUT2D eigenvalue weighted by Gasteiger charge is -2.18. The van der Waals surface area contributed by atoms with Crippen LogP contribution in [0, 0.1) is 0 Å². The van der Waals surface area contributed by atoms with Crippen molar-refractivity contribution in [3.05, 3.63) is 104 Å². The van der Waals surface area contributed by atoms with E-state index in [1.807, 2.05) is 0 Å². The van der Waals surface area contributed by atoms with Gasteiger partial charge < -0.3 is 10.4 Å². The summed E-state index contributed by atoms with van der Waals surface area (Å²) in [6.07, 6.45) is 1.27. The van der Waals surface area contributed by atoms with E-state index >= 15 is 0 Å². The first-order valence-electron chi connectivity index (χ1n) is 10.1. The molecule has 0 spiro atoms. The zero-order valence-electron chi connectivity index (χ0n) is 17.5. The normalized spacial score (nSPS) is 11.9. The number of H-pyrrole nitrogens is 1. The highest BCUT2D eigenvalue weighted by Gasteiger charge is 2.27. The lowest BCUT2D eigenvalue weighted by Crippen LogP contribution is -2.40. The van der Waals surface area contributed by atoms with Gasteiger partial charge in [-0.1, -0.05) is 52.3 Å². The first kappa shape index (κ1) is 22.9. The SMILES string of the molecule is O=C(N[C@H](C(=O)N/N=C/c1cc(Br)ccc1O)c1n[nH]c(=O)c2ccccc12)c1ccccc1. The Morgan fingerprint density at radius 2 is 1.74 bits per heavy atom. The van der Waals surface area contributed by atoms with Crippen LogP contribution in [0.2, 0.25) is 0 Å². The number of carbonyl (C=O) groups is 2. The van der Waals surface area contributed by atoms with Gasteiger partial charge in [-0.2, -0.15) is 10.2 Å². The van der Waals surface area contributed by atoms with Crippen molar-refractivity contribution in [1.29, 1.82) is 0 Å². The van der Waals surface area contributed by atoms with Crippen LogP contribution in [0.25, 0.3) is 10.8 Å². The lowest BCUT2D eigenvalue weighted by molar-refractivity contribution is -0.123. The summed E-state index contributed by atoms with van der Waals surface area (Å²) in [4.78, 5) is 38.2. The molecule has 0 aliphatic heterocycles. The van der Waals surface area contributed by atoms with E-state index in [-0.39, 0.29) is 11.4 Å². The van der Waals surface area contributed by atoms with E-state index in [0.29, 0.717) is 21.9 Å². The van der Waals surface area contributed by atoms with Crippen molar-refractivity contribution in [1.82, 2.24) is 20.9 Å². The molecule has 4 N–H and O–H groups in total. The summed E-state index contributed by atoms with van der Waals surface area (Å²) in [5.74, 6) is -1.23. The summed E-state index contributed by atoms with van der Waals surface area (Å²) in [6.45, 7) is 0. The highest BCUT2D eigenvalue weighted by atomic mass is 79.9. The Balaban J connectivity index is 1.68. The predicted octanol–water partition coefficient (Wildman–Crippen LogP) is 3.01. The maximum atomic E-state index is 13.1. The van der Waals surface area contributed by atoms with Crippen LogP contribution >= 0.6 is 15.9 Å². The number of fused-ring (bicyclic) bond motifs is 1. The summed E-state index contributed by atoms with van der Waals surface area (Å²) in [5.41, 5.74) is 2.81. The smallest absolute Gasteiger partial charge is 0.272 e. The topological polar surface area (TPSA) is 137 Å². The number of hydrogen-bond donors (Lipinski definition) is 4. The van der Waals surface area contributed by atoms with Gasteiger partial charge in [-0.05, 0) is 36.4 Å². The lowest BCUT2D eigenvalue weighted by atomic mass is 10.0. The summed E-state index contributed by atoms with van der Waals surface area (Å²) >= 11 is 3.30. The number of aromatic hydroxyl groups is 1. The molecule has 0 saturated heterocycles. The van der Waals surface area contributed by atoms with Crippen LogP contribution in [0.1, 0.15) is 27.7 Å². The number of phenolic OH excluding ortho intramolecular Hbond substituents is 1. The molecular formula is C24H18BrN5O4. The molecule has 0 bridgehead atoms. The number of nitrogens with zero attached hydrogens (tertiary/aromatic N) is 2. The first-order chi connectivity index (χ1) is 16.4. The zero-order chi connectivity index (χ0) is 24.1. The molecule has 0 aliphatic carbocycles. The Morgan fingerprint density at radius 3 is 2.50 bits per heavy atom. The van der Waals surface area contributed by atoms with Crippen LogP contribution in [0.15, 0.2) is 87.2 Å². The highest BCUT2D eigenvalue weighted by Crippen LogP contribution is 2.21. The molecule has 10 heteroatoms. The molecule has 0 unspecified atom stereocenters. The molecule has 0 saturated carbocycles. The van der Waals surface area contributed by atoms with E-state index in [4.69, 9.17) is 0 Å². The van der Waals surface area contributed by atoms with Crippen LogP contribution in [0.5, 0.6) is 5.75 Å². The summed E-state index contributed by atoms with van der Waals surface area (Å²) in [7, 11) is 0. The van der Waals surface area contributed by atoms with E-state index < -0.39 is 23.4 Å². The number of amides is 2. The Labute approximate surface area is 201 Å². The maximum absolute atomic E-state index is 13.1. The molecule has 0 fully saturated rings. The number of aromatic amines is 1. The van der Waals surface area contributed by atoms with Gasteiger partial charge in [-0.3, -0.25) is 14.4 Å². The van der Waals surface area contributed by atoms with Gasteiger partial charge in [0.15, 0.2) is 6.04 Å². The average molecular weight is 520 g/mol. The number of rotatable bonds is 6. The van der Waals surface area contributed by atoms with Gasteiger partial charge in [0.1, 0.15) is 11.4 Å². The summed E-state index contributed by atoms with van der Waals surface area (Å²) in [5, 5.41) is 23.7. The number of aromatic nitrogens is 2. The fourth-order valence-corrected chi connectivity index (χ4v) is 3.66. The number of benzene rings is 3. The van der Waals surface area contributed by atoms with E-state index in [1.54, 1.807) is 66.7 Å². The molecular weight excluding hydrogens is 502 g/mol. The summed E-state index contributed by atoms with van der Waals surface area (Å²) < 4.78 is 0.718. The molecule has 4 aromatic rings. The van der Waals surface area contributed by atoms with Gasteiger partial charge in [0.05, 0.1) is 11.6 Å². The first-order valence-corrected chi connectivity index (χ1v) is 10.9. The number of nitrogens with one attached hydrogen (secondary N) is 3. The van der Waals surface area contributed by atoms with Crippen molar-refractivity contribution in [3.8, 4) is 5.75 Å². The van der Waals surface area contributed by atoms with Crippen LogP contribution in [-0.2, 0) is 4.79 Å². The van der Waals surface area contributed by atoms with Crippen molar-refractivity contribution >= 4 is 44.7 Å². The van der Waals surface area contributed by atoms with Gasteiger partial charge in [-0.25, -0.2) is 10.5 Å². The third-order valence-corrected chi connectivity index (χ3v) is 5.43. The van der Waals surface area contributed by atoms with E-state index in [9.17, 15) is 19.5 Å². The second-order valence-corrected chi connectivity index (χ2v) is 8.11. The average Bonchev–Trinajstić information content (AvgIpc) is 2.85. The molecule has 34 heavy (non-hydrogen) atoms. The minimum Gasteiger partial charge on any atom is -0.507 e. The van der Waals surface area contributed by atoms with Gasteiger partial charge in [0.2, 0.25) is 0 Å². The number of phenols is 1. The number of carbonyl (C=O) groups excluding carboxylic acids is 2. The van der Waals surface area contributed by atoms with Crippen LogP contribution in [0.3, 0.4) is 0 Å². The Morgan fingerprint density at radius 1 is 1.03 bits per heavy atom. The second kappa shape index (κ2) is 10.1. The van der Waals surface area contributed by atoms with Crippen molar-refractivity contribution in [2.24, 2.45) is 5.10 Å². The molecule has 4 rings (SSSR count). The van der Waals surface area contributed by atoms with E-state index in [2.05, 4.69) is 42.0 Å². The van der Waals surface area contributed by atoms with Crippen LogP contribution in [-0.4, -0.2) is 33.3 Å². The minimum absolute atomic E-state index is 0.0246. The quantitative estimate of drug-likeness (QED) is 0.229. The van der Waals surface area contributed by atoms with E-state index in [0.717, 1.165) is 4.47 Å². The zero-order valence-corrected chi connectivity index (χ0v) is 19.1. The molecule has 1 heterocycles. The largest absolute Gasteiger partial charge is 0.507 e. The molecule has 3 aromatic carbocycles. The molecule has 0 radical (unpaired) electrons. The van der Waals surface area contributed by atoms with E-state index in [1.165, 1.54) is 12.3 Å². The number of hydrazone groups is 1. The predicted molar refractivity (Wildman–Crippen MR) is 131 cm³/mol. The standard InChI is InChI=1S/C24H18BrN5O4/c25-16-10-11-19(31)15(12-16)13-26-29-24(34)21(27-22(32)14-6-2-1-3-7-14)20-17-8-4-5-9-18(17)23(33)30-28-20/h1-13,21,31H,(H,27,32)(H,29,34)(H,30,33)/b26-13+/t21-/m0/s1. The molecule has 2 amide bonds. The fourth-order valence-electron chi connectivity index (χ4n) is 3.28.